The zero-order valence-electron chi connectivity index (χ0n) is 9.50. The van der Waals surface area contributed by atoms with Gasteiger partial charge < -0.3 is 0 Å². The van der Waals surface area contributed by atoms with Crippen molar-refractivity contribution in [1.82, 2.24) is 4.90 Å². The van der Waals surface area contributed by atoms with Crippen LogP contribution in [0.4, 0.5) is 4.39 Å². The van der Waals surface area contributed by atoms with Crippen LogP contribution in [0.2, 0.25) is 5.02 Å². The molecule has 0 N–H and O–H groups in total. The smallest absolute Gasteiger partial charge is 0.128 e. The summed E-state index contributed by atoms with van der Waals surface area (Å²) < 4.78 is 13.7. The molecule has 0 amide bonds. The average Bonchev–Trinajstić information content (AvgIpc) is 2.31. The van der Waals surface area contributed by atoms with Gasteiger partial charge in [-0.25, -0.2) is 4.39 Å². The average molecular weight is 253 g/mol. The molecule has 0 bridgehead atoms. The van der Waals surface area contributed by atoms with Gasteiger partial charge in [0.2, 0.25) is 0 Å². The lowest BCUT2D eigenvalue weighted by Crippen LogP contribution is -2.33. The van der Waals surface area contributed by atoms with Gasteiger partial charge in [0.1, 0.15) is 5.82 Å². The second kappa shape index (κ2) is 5.48. The van der Waals surface area contributed by atoms with Crippen molar-refractivity contribution < 1.29 is 4.39 Å². The van der Waals surface area contributed by atoms with E-state index in [1.807, 2.05) is 0 Å². The monoisotopic (exact) mass is 252 g/mol. The number of benzene rings is 1. The molecule has 0 spiro atoms. The molecule has 2 rings (SSSR count). The highest BCUT2D eigenvalue weighted by atomic mass is 35.5. The summed E-state index contributed by atoms with van der Waals surface area (Å²) in [6.07, 6.45) is 1.73. The zero-order valence-corrected chi connectivity index (χ0v) is 10.3. The molecule has 0 radical (unpaired) electrons. The summed E-state index contributed by atoms with van der Waals surface area (Å²) in [6.45, 7) is 2.13. The lowest BCUT2D eigenvalue weighted by atomic mass is 9.89. The molecule has 1 saturated heterocycles. The third kappa shape index (κ3) is 2.77. The Morgan fingerprint density at radius 2 is 2.12 bits per heavy atom. The lowest BCUT2D eigenvalue weighted by Gasteiger charge is -2.30. The number of likely N-dealkylation sites (tertiary alicyclic amines) is 1. The summed E-state index contributed by atoms with van der Waals surface area (Å²) >= 11 is 6.05. The van der Waals surface area contributed by atoms with Gasteiger partial charge in [-0.3, -0.25) is 4.90 Å². The first-order valence-corrected chi connectivity index (χ1v) is 6.13. The van der Waals surface area contributed by atoms with Gasteiger partial charge in [0, 0.05) is 10.6 Å². The molecule has 1 aromatic rings. The van der Waals surface area contributed by atoms with Crippen LogP contribution in [0.25, 0.3) is 0 Å². The normalized spacial score (nSPS) is 17.9. The molecule has 1 fully saturated rings. The number of piperidine rings is 1. The van der Waals surface area contributed by atoms with E-state index < -0.39 is 0 Å². The summed E-state index contributed by atoms with van der Waals surface area (Å²) in [7, 11) is 0. The fraction of sp³-hybridized carbons (Fsp3) is 0.462. The summed E-state index contributed by atoms with van der Waals surface area (Å²) in [4.78, 5) is 2.09. The Hall–Kier alpha value is -1.11. The summed E-state index contributed by atoms with van der Waals surface area (Å²) in [5, 5.41) is 9.13. The van der Waals surface area contributed by atoms with E-state index in [9.17, 15) is 4.39 Å². The second-order valence-corrected chi connectivity index (χ2v) is 4.75. The Labute approximate surface area is 106 Å². The van der Waals surface area contributed by atoms with Crippen LogP contribution in [0, 0.1) is 17.1 Å². The van der Waals surface area contributed by atoms with Crippen LogP contribution in [0.5, 0.6) is 0 Å². The molecular weight excluding hydrogens is 239 g/mol. The third-order valence-corrected chi connectivity index (χ3v) is 3.62. The van der Waals surface area contributed by atoms with E-state index in [0.29, 0.717) is 17.1 Å². The number of nitrogens with zero attached hydrogens (tertiary/aromatic N) is 2. The van der Waals surface area contributed by atoms with E-state index in [0.717, 1.165) is 25.9 Å². The molecule has 1 heterocycles. The first-order valence-electron chi connectivity index (χ1n) is 5.75. The quantitative estimate of drug-likeness (QED) is 0.756. The van der Waals surface area contributed by atoms with Crippen LogP contribution >= 0.6 is 11.6 Å². The minimum atomic E-state index is -0.212. The second-order valence-electron chi connectivity index (χ2n) is 4.34. The molecule has 0 atom stereocenters. The molecule has 4 heteroatoms. The van der Waals surface area contributed by atoms with Gasteiger partial charge >= 0.3 is 0 Å². The van der Waals surface area contributed by atoms with E-state index in [-0.39, 0.29) is 11.7 Å². The van der Waals surface area contributed by atoms with Gasteiger partial charge in [0.25, 0.3) is 0 Å². The Morgan fingerprint density at radius 1 is 1.41 bits per heavy atom. The number of rotatable bonds is 2. The van der Waals surface area contributed by atoms with E-state index in [2.05, 4.69) is 11.0 Å². The largest absolute Gasteiger partial charge is 0.291 e. The molecule has 1 aromatic carbocycles. The summed E-state index contributed by atoms with van der Waals surface area (Å²) in [6, 6.07) is 6.97. The number of nitriles is 1. The van der Waals surface area contributed by atoms with Gasteiger partial charge in [-0.15, -0.1) is 0 Å². The molecular formula is C13H14ClFN2. The minimum Gasteiger partial charge on any atom is -0.291 e. The van der Waals surface area contributed by atoms with Crippen molar-refractivity contribution in [3.63, 3.8) is 0 Å². The third-order valence-electron chi connectivity index (χ3n) is 3.29. The van der Waals surface area contributed by atoms with Crippen molar-refractivity contribution in [3.8, 4) is 6.07 Å². The van der Waals surface area contributed by atoms with Gasteiger partial charge in [-0.05, 0) is 44.0 Å². The first kappa shape index (κ1) is 12.3. The van der Waals surface area contributed by atoms with Crippen LogP contribution in [0.15, 0.2) is 18.2 Å². The van der Waals surface area contributed by atoms with Crippen LogP contribution < -0.4 is 0 Å². The van der Waals surface area contributed by atoms with Crippen molar-refractivity contribution in [2.24, 2.45) is 0 Å². The van der Waals surface area contributed by atoms with Gasteiger partial charge in [0.15, 0.2) is 0 Å². The predicted octanol–water partition coefficient (Wildman–Crippen LogP) is 3.18. The molecule has 2 nitrogen and oxygen atoms in total. The van der Waals surface area contributed by atoms with Crippen molar-refractivity contribution in [2.75, 3.05) is 19.6 Å². The molecule has 90 valence electrons. The Morgan fingerprint density at radius 3 is 2.71 bits per heavy atom. The number of halogens is 2. The SMILES string of the molecule is N#CCN1CCC(c2c(F)cccc2Cl)CC1. The highest BCUT2D eigenvalue weighted by Gasteiger charge is 2.24. The Kier molecular flexibility index (Phi) is 3.98. The van der Waals surface area contributed by atoms with E-state index in [4.69, 9.17) is 16.9 Å². The van der Waals surface area contributed by atoms with E-state index in [1.165, 1.54) is 6.07 Å². The maximum absolute atomic E-state index is 13.7. The minimum absolute atomic E-state index is 0.179. The van der Waals surface area contributed by atoms with Crippen LogP contribution in [0.3, 0.4) is 0 Å². The fourth-order valence-corrected chi connectivity index (χ4v) is 2.70. The van der Waals surface area contributed by atoms with Gasteiger partial charge in [-0.1, -0.05) is 17.7 Å². The molecule has 1 aliphatic heterocycles. The summed E-state index contributed by atoms with van der Waals surface area (Å²) in [5.74, 6) is -0.0325. The predicted molar refractivity (Wildman–Crippen MR) is 65.4 cm³/mol. The van der Waals surface area contributed by atoms with E-state index >= 15 is 0 Å². The fourth-order valence-electron chi connectivity index (χ4n) is 2.38. The van der Waals surface area contributed by atoms with Gasteiger partial charge in [0.05, 0.1) is 12.6 Å². The topological polar surface area (TPSA) is 27.0 Å². The Bertz CT molecular complexity index is 413. The molecule has 0 saturated carbocycles. The van der Waals surface area contributed by atoms with Crippen LogP contribution in [-0.4, -0.2) is 24.5 Å². The maximum Gasteiger partial charge on any atom is 0.128 e. The molecule has 0 aromatic heterocycles. The highest BCUT2D eigenvalue weighted by Crippen LogP contribution is 2.34. The Balaban J connectivity index is 2.08. The van der Waals surface area contributed by atoms with Crippen LogP contribution in [-0.2, 0) is 0 Å². The molecule has 1 aliphatic rings. The first-order chi connectivity index (χ1) is 8.22. The van der Waals surface area contributed by atoms with Crippen molar-refractivity contribution in [3.05, 3.63) is 34.6 Å². The molecule has 0 aliphatic carbocycles. The molecule has 0 unspecified atom stereocenters. The van der Waals surface area contributed by atoms with Crippen LogP contribution in [0.1, 0.15) is 24.3 Å². The lowest BCUT2D eigenvalue weighted by molar-refractivity contribution is 0.233. The number of hydrogen-bond donors (Lipinski definition) is 0. The molecule has 17 heavy (non-hydrogen) atoms. The highest BCUT2D eigenvalue weighted by molar-refractivity contribution is 6.31. The van der Waals surface area contributed by atoms with E-state index in [1.54, 1.807) is 12.1 Å². The zero-order chi connectivity index (χ0) is 12.3. The maximum atomic E-state index is 13.7. The van der Waals surface area contributed by atoms with Gasteiger partial charge in [-0.2, -0.15) is 5.26 Å². The van der Waals surface area contributed by atoms with Crippen molar-refractivity contribution in [1.29, 1.82) is 5.26 Å². The number of hydrogen-bond acceptors (Lipinski definition) is 2. The van der Waals surface area contributed by atoms with Crippen molar-refractivity contribution in [2.45, 2.75) is 18.8 Å². The van der Waals surface area contributed by atoms with Crippen molar-refractivity contribution >= 4 is 11.6 Å². The standard InChI is InChI=1S/C13H14ClFN2/c14-11-2-1-3-12(15)13(11)10-4-7-17(8-5-10)9-6-16/h1-3,10H,4-5,7-9H2. The summed E-state index contributed by atoms with van der Waals surface area (Å²) in [5.41, 5.74) is 0.644.